The van der Waals surface area contributed by atoms with Gasteiger partial charge in [0.15, 0.2) is 4.80 Å². The molecule has 0 spiro atoms. The molecule has 0 amide bonds. The van der Waals surface area contributed by atoms with Crippen LogP contribution in [0, 0.1) is 13.8 Å². The summed E-state index contributed by atoms with van der Waals surface area (Å²) in [5.74, 6) is 0. The van der Waals surface area contributed by atoms with Gasteiger partial charge in [-0.2, -0.15) is 0 Å². The van der Waals surface area contributed by atoms with E-state index in [2.05, 4.69) is 81.9 Å². The van der Waals surface area contributed by atoms with Gasteiger partial charge in [-0.05, 0) is 43.5 Å². The smallest absolute Gasteiger partial charge is 0.190 e. The molecular weight excluding hydrogens is 364 g/mol. The number of rotatable bonds is 6. The van der Waals surface area contributed by atoms with Crippen LogP contribution in [-0.4, -0.2) is 14.1 Å². The van der Waals surface area contributed by atoms with Crippen LogP contribution in [-0.2, 0) is 13.1 Å². The minimum absolute atomic E-state index is 0.912. The third-order valence-electron chi connectivity index (χ3n) is 4.73. The molecule has 4 rings (SSSR count). The summed E-state index contributed by atoms with van der Waals surface area (Å²) < 4.78 is 4.46. The Labute approximate surface area is 169 Å². The van der Waals surface area contributed by atoms with E-state index in [1.165, 1.54) is 22.4 Å². The van der Waals surface area contributed by atoms with Gasteiger partial charge in [0.25, 0.3) is 0 Å². The lowest BCUT2D eigenvalue weighted by molar-refractivity contribution is 0.559. The minimum atomic E-state index is 0.912. The number of hydrogen-bond donors (Lipinski definition) is 0. The van der Waals surface area contributed by atoms with Gasteiger partial charge in [-0.15, -0.1) is 11.3 Å². The van der Waals surface area contributed by atoms with E-state index in [0.29, 0.717) is 0 Å². The molecule has 0 aliphatic rings. The minimum Gasteiger partial charge on any atom is -0.337 e. The Hall–Kier alpha value is -2.92. The van der Waals surface area contributed by atoms with Crippen molar-refractivity contribution in [3.8, 4) is 11.3 Å². The fraction of sp³-hybridized carbons (Fsp3) is 0.217. The van der Waals surface area contributed by atoms with Crippen molar-refractivity contribution in [3.05, 3.63) is 88.6 Å². The molecule has 0 aliphatic carbocycles. The van der Waals surface area contributed by atoms with Crippen LogP contribution in [0.3, 0.4) is 0 Å². The van der Waals surface area contributed by atoms with Gasteiger partial charge in [-0.3, -0.25) is 0 Å². The molecule has 2 aromatic carbocycles. The van der Waals surface area contributed by atoms with Crippen molar-refractivity contribution < 1.29 is 0 Å². The molecule has 0 atom stereocenters. The summed E-state index contributed by atoms with van der Waals surface area (Å²) in [6, 6.07) is 17.1. The van der Waals surface area contributed by atoms with Gasteiger partial charge in [0.1, 0.15) is 0 Å². The molecule has 0 unspecified atom stereocenters. The molecule has 142 valence electrons. The Morgan fingerprint density at radius 2 is 1.86 bits per heavy atom. The van der Waals surface area contributed by atoms with Gasteiger partial charge in [-0.1, -0.05) is 42.0 Å². The zero-order valence-corrected chi connectivity index (χ0v) is 17.1. The first-order valence-corrected chi connectivity index (χ1v) is 10.4. The van der Waals surface area contributed by atoms with Crippen molar-refractivity contribution in [2.45, 2.75) is 33.4 Å². The number of aryl methyl sites for hydroxylation is 3. The Balaban J connectivity index is 1.69. The van der Waals surface area contributed by atoms with Crippen molar-refractivity contribution in [2.24, 2.45) is 4.99 Å². The van der Waals surface area contributed by atoms with Crippen LogP contribution in [0.4, 0.5) is 5.69 Å². The highest BCUT2D eigenvalue weighted by molar-refractivity contribution is 7.07. The molecule has 0 saturated carbocycles. The maximum atomic E-state index is 4.94. The molecule has 4 nitrogen and oxygen atoms in total. The normalized spacial score (nSPS) is 11.9. The van der Waals surface area contributed by atoms with Crippen molar-refractivity contribution in [1.29, 1.82) is 0 Å². The van der Waals surface area contributed by atoms with Crippen LogP contribution >= 0.6 is 11.3 Å². The lowest BCUT2D eigenvalue weighted by Gasteiger charge is -2.10. The molecule has 5 heteroatoms. The summed E-state index contributed by atoms with van der Waals surface area (Å²) in [5, 5.41) is 2.22. The number of hydrogen-bond acceptors (Lipinski definition) is 3. The third kappa shape index (κ3) is 4.31. The average molecular weight is 389 g/mol. The highest BCUT2D eigenvalue weighted by Crippen LogP contribution is 2.22. The van der Waals surface area contributed by atoms with Crippen molar-refractivity contribution in [3.63, 3.8) is 0 Å². The topological polar surface area (TPSA) is 35.1 Å². The summed E-state index contributed by atoms with van der Waals surface area (Å²) >= 11 is 1.70. The summed E-state index contributed by atoms with van der Waals surface area (Å²) in [6.07, 6.45) is 6.73. The summed E-state index contributed by atoms with van der Waals surface area (Å²) in [6.45, 7) is 6.08. The van der Waals surface area contributed by atoms with Crippen LogP contribution in [0.15, 0.2) is 77.6 Å². The quantitative estimate of drug-likeness (QED) is 0.438. The molecule has 0 radical (unpaired) electrons. The van der Waals surface area contributed by atoms with E-state index in [0.717, 1.165) is 30.0 Å². The lowest BCUT2D eigenvalue weighted by atomic mass is 10.1. The zero-order chi connectivity index (χ0) is 19.3. The summed E-state index contributed by atoms with van der Waals surface area (Å²) in [4.78, 5) is 10.1. The molecule has 28 heavy (non-hydrogen) atoms. The molecule has 2 heterocycles. The Kier molecular flexibility index (Phi) is 5.53. The molecule has 0 aliphatic heterocycles. The Morgan fingerprint density at radius 3 is 2.61 bits per heavy atom. The second-order valence-corrected chi connectivity index (χ2v) is 7.86. The predicted octanol–water partition coefficient (Wildman–Crippen LogP) is 5.35. The Morgan fingerprint density at radius 1 is 1.00 bits per heavy atom. The second kappa shape index (κ2) is 8.40. The van der Waals surface area contributed by atoms with Crippen LogP contribution in [0.5, 0.6) is 0 Å². The Bertz CT molecular complexity index is 1100. The first kappa shape index (κ1) is 18.4. The van der Waals surface area contributed by atoms with Crippen LogP contribution in [0.1, 0.15) is 17.5 Å². The highest BCUT2D eigenvalue weighted by atomic mass is 32.1. The standard InChI is InChI=1S/C23H24N4S/c1-18-7-9-20(10-8-18)22-16-28-23(25-21-6-3-5-19(2)15-21)27(22)13-4-12-26-14-11-24-17-26/h3,5-11,14-17H,4,12-13H2,1-2H3. The van der Waals surface area contributed by atoms with E-state index in [-0.39, 0.29) is 0 Å². The first-order valence-electron chi connectivity index (χ1n) is 9.51. The van der Waals surface area contributed by atoms with E-state index < -0.39 is 0 Å². The van der Waals surface area contributed by atoms with Gasteiger partial charge in [0.2, 0.25) is 0 Å². The maximum absolute atomic E-state index is 4.94. The van der Waals surface area contributed by atoms with Gasteiger partial charge in [0.05, 0.1) is 17.7 Å². The monoisotopic (exact) mass is 388 g/mol. The van der Waals surface area contributed by atoms with E-state index >= 15 is 0 Å². The first-order chi connectivity index (χ1) is 13.7. The summed E-state index contributed by atoms with van der Waals surface area (Å²) in [5.41, 5.74) is 5.96. The number of aromatic nitrogens is 3. The second-order valence-electron chi connectivity index (χ2n) is 7.03. The van der Waals surface area contributed by atoms with E-state index in [4.69, 9.17) is 4.99 Å². The molecule has 0 fully saturated rings. The van der Waals surface area contributed by atoms with E-state index in [9.17, 15) is 0 Å². The predicted molar refractivity (Wildman–Crippen MR) is 116 cm³/mol. The van der Waals surface area contributed by atoms with Crippen molar-refractivity contribution >= 4 is 17.0 Å². The molecule has 0 saturated heterocycles. The average Bonchev–Trinajstić information content (AvgIpc) is 3.33. The number of nitrogens with zero attached hydrogens (tertiary/aromatic N) is 4. The third-order valence-corrected chi connectivity index (χ3v) is 5.59. The molecule has 2 aromatic heterocycles. The van der Waals surface area contributed by atoms with Gasteiger partial charge < -0.3 is 9.13 Å². The highest BCUT2D eigenvalue weighted by Gasteiger charge is 2.08. The van der Waals surface area contributed by atoms with Crippen LogP contribution in [0.2, 0.25) is 0 Å². The fourth-order valence-corrected chi connectivity index (χ4v) is 4.18. The number of thiazole rings is 1. The van der Waals surface area contributed by atoms with E-state index in [1.807, 2.05) is 18.7 Å². The van der Waals surface area contributed by atoms with Gasteiger partial charge in [0, 0.05) is 30.9 Å². The lowest BCUT2D eigenvalue weighted by Crippen LogP contribution is -2.17. The molecular formula is C23H24N4S. The van der Waals surface area contributed by atoms with Gasteiger partial charge in [-0.25, -0.2) is 9.98 Å². The zero-order valence-electron chi connectivity index (χ0n) is 16.2. The number of benzene rings is 2. The largest absolute Gasteiger partial charge is 0.337 e. The molecule has 0 N–H and O–H groups in total. The van der Waals surface area contributed by atoms with E-state index in [1.54, 1.807) is 11.3 Å². The molecule has 4 aromatic rings. The number of imidazole rings is 1. The maximum Gasteiger partial charge on any atom is 0.190 e. The van der Waals surface area contributed by atoms with Crippen molar-refractivity contribution in [2.75, 3.05) is 0 Å². The summed E-state index contributed by atoms with van der Waals surface area (Å²) in [7, 11) is 0. The fourth-order valence-electron chi connectivity index (χ4n) is 3.23. The van der Waals surface area contributed by atoms with Crippen LogP contribution in [0.25, 0.3) is 11.3 Å². The van der Waals surface area contributed by atoms with Gasteiger partial charge >= 0.3 is 0 Å². The molecule has 0 bridgehead atoms. The van der Waals surface area contributed by atoms with Crippen LogP contribution < -0.4 is 4.80 Å². The SMILES string of the molecule is Cc1ccc(-c2csc(=Nc3cccc(C)c3)n2CCCn2ccnc2)cc1. The van der Waals surface area contributed by atoms with Crippen molar-refractivity contribution in [1.82, 2.24) is 14.1 Å².